The van der Waals surface area contributed by atoms with Crippen LogP contribution < -0.4 is 5.32 Å². The Hall–Kier alpha value is -1.67. The fraction of sp³-hybridized carbons (Fsp3) is 0.571. The molecule has 0 aliphatic carbocycles. The second-order valence-electron chi connectivity index (χ2n) is 6.12. The van der Waals surface area contributed by atoms with Crippen LogP contribution in [-0.4, -0.2) is 37.8 Å². The van der Waals surface area contributed by atoms with E-state index in [1.807, 2.05) is 13.8 Å². The maximum Gasteiger partial charge on any atom is 0.310 e. The van der Waals surface area contributed by atoms with Crippen LogP contribution in [0.3, 0.4) is 0 Å². The molecule has 22 heavy (non-hydrogen) atoms. The van der Waals surface area contributed by atoms with Gasteiger partial charge in [0, 0.05) is 18.9 Å². The predicted molar refractivity (Wildman–Crippen MR) is 82.9 cm³/mol. The van der Waals surface area contributed by atoms with Crippen molar-refractivity contribution in [2.45, 2.75) is 43.2 Å². The van der Waals surface area contributed by atoms with Crippen LogP contribution in [0, 0.1) is 10.1 Å². The quantitative estimate of drug-likeness (QED) is 0.673. The van der Waals surface area contributed by atoms with Gasteiger partial charge in [-0.05, 0) is 38.8 Å². The maximum absolute atomic E-state index is 11.8. The highest BCUT2D eigenvalue weighted by Crippen LogP contribution is 2.34. The van der Waals surface area contributed by atoms with Crippen LogP contribution in [0.2, 0.25) is 0 Å². The molecule has 1 atom stereocenters. The lowest BCUT2D eigenvalue weighted by Gasteiger charge is -2.36. The molecule has 1 aromatic carbocycles. The van der Waals surface area contributed by atoms with Crippen LogP contribution in [0.5, 0.6) is 0 Å². The van der Waals surface area contributed by atoms with Gasteiger partial charge in [0.25, 0.3) is 0 Å². The second-order valence-corrected chi connectivity index (χ2v) is 8.11. The van der Waals surface area contributed by atoms with Crippen molar-refractivity contribution >= 4 is 21.2 Å². The van der Waals surface area contributed by atoms with E-state index in [0.717, 1.165) is 6.26 Å². The molecule has 1 unspecified atom stereocenters. The Morgan fingerprint density at radius 1 is 1.41 bits per heavy atom. The third kappa shape index (κ3) is 3.75. The van der Waals surface area contributed by atoms with Gasteiger partial charge in [0.1, 0.15) is 10.6 Å². The molecule has 1 heterocycles. The van der Waals surface area contributed by atoms with E-state index in [1.165, 1.54) is 18.2 Å². The lowest BCUT2D eigenvalue weighted by molar-refractivity contribution is -0.386. The smallest absolute Gasteiger partial charge is 0.310 e. The number of nitro groups is 1. The first kappa shape index (κ1) is 16.7. The number of nitro benzene ring substituents is 1. The number of hydrogen-bond donors (Lipinski definition) is 1. The molecule has 0 bridgehead atoms. The minimum atomic E-state index is -3.67. The maximum atomic E-state index is 11.8. The number of anilines is 1. The van der Waals surface area contributed by atoms with Gasteiger partial charge in [-0.1, -0.05) is 6.07 Å². The van der Waals surface area contributed by atoms with Crippen molar-refractivity contribution < 1.29 is 18.1 Å². The first-order chi connectivity index (χ1) is 10.1. The van der Waals surface area contributed by atoms with Gasteiger partial charge >= 0.3 is 5.69 Å². The van der Waals surface area contributed by atoms with Crippen LogP contribution in [-0.2, 0) is 14.6 Å². The fourth-order valence-corrected chi connectivity index (χ4v) is 3.56. The highest BCUT2D eigenvalue weighted by molar-refractivity contribution is 7.90. The van der Waals surface area contributed by atoms with Crippen LogP contribution in [0.25, 0.3) is 0 Å². The van der Waals surface area contributed by atoms with Crippen molar-refractivity contribution in [2.24, 2.45) is 0 Å². The molecule has 0 saturated carbocycles. The Labute approximate surface area is 129 Å². The number of nitrogens with zero attached hydrogens (tertiary/aromatic N) is 1. The topological polar surface area (TPSA) is 98.5 Å². The predicted octanol–water partition coefficient (Wildman–Crippen LogP) is 2.37. The summed E-state index contributed by atoms with van der Waals surface area (Å²) in [6.07, 6.45) is 2.37. The van der Waals surface area contributed by atoms with Crippen LogP contribution >= 0.6 is 0 Å². The number of benzene rings is 1. The number of sulfone groups is 1. The molecule has 0 amide bonds. The molecule has 1 aliphatic rings. The van der Waals surface area contributed by atoms with Gasteiger partial charge in [-0.25, -0.2) is 8.42 Å². The Bertz CT molecular complexity index is 684. The summed E-state index contributed by atoms with van der Waals surface area (Å²) in [5, 5.41) is 14.4. The number of rotatable bonds is 4. The Kier molecular flexibility index (Phi) is 4.44. The number of hydrogen-bond acceptors (Lipinski definition) is 6. The van der Waals surface area contributed by atoms with E-state index in [1.54, 1.807) is 0 Å². The third-order valence-electron chi connectivity index (χ3n) is 3.64. The molecule has 1 fully saturated rings. The minimum Gasteiger partial charge on any atom is -0.377 e. The summed E-state index contributed by atoms with van der Waals surface area (Å²) in [5.74, 6) is 0. The van der Waals surface area contributed by atoms with Gasteiger partial charge in [0.2, 0.25) is 0 Å². The van der Waals surface area contributed by atoms with Gasteiger partial charge in [-0.3, -0.25) is 10.1 Å². The highest BCUT2D eigenvalue weighted by Gasteiger charge is 2.32. The van der Waals surface area contributed by atoms with Crippen molar-refractivity contribution in [1.29, 1.82) is 0 Å². The summed E-state index contributed by atoms with van der Waals surface area (Å²) in [6, 6.07) is 4.30. The molecule has 0 radical (unpaired) electrons. The fourth-order valence-electron chi connectivity index (χ4n) is 2.70. The Morgan fingerprint density at radius 2 is 2.09 bits per heavy atom. The molecular weight excluding hydrogens is 308 g/mol. The molecule has 8 heteroatoms. The summed E-state index contributed by atoms with van der Waals surface area (Å²) in [5.41, 5.74) is -0.469. The van der Waals surface area contributed by atoms with E-state index in [-0.39, 0.29) is 22.2 Å². The average Bonchev–Trinajstić information content (AvgIpc) is 2.35. The molecule has 1 aromatic rings. The van der Waals surface area contributed by atoms with Crippen molar-refractivity contribution in [1.82, 2.24) is 0 Å². The molecule has 1 aliphatic heterocycles. The molecule has 1 N–H and O–H groups in total. The molecule has 0 aromatic heterocycles. The second kappa shape index (κ2) is 5.85. The van der Waals surface area contributed by atoms with E-state index in [0.29, 0.717) is 19.4 Å². The van der Waals surface area contributed by atoms with Crippen molar-refractivity contribution in [3.05, 3.63) is 28.3 Å². The van der Waals surface area contributed by atoms with E-state index in [4.69, 9.17) is 4.74 Å². The Morgan fingerprint density at radius 3 is 2.64 bits per heavy atom. The first-order valence-corrected chi connectivity index (χ1v) is 8.87. The zero-order valence-corrected chi connectivity index (χ0v) is 13.6. The number of nitrogens with one attached hydrogen (secondary N) is 1. The van der Waals surface area contributed by atoms with Crippen molar-refractivity contribution in [3.8, 4) is 0 Å². The van der Waals surface area contributed by atoms with Gasteiger partial charge in [0.15, 0.2) is 9.84 Å². The molecular formula is C14H20N2O5S. The van der Waals surface area contributed by atoms with Crippen LogP contribution in [0.4, 0.5) is 11.4 Å². The summed E-state index contributed by atoms with van der Waals surface area (Å²) in [4.78, 5) is 10.4. The van der Waals surface area contributed by atoms with Crippen molar-refractivity contribution in [2.75, 3.05) is 18.2 Å². The van der Waals surface area contributed by atoms with Gasteiger partial charge in [0.05, 0.1) is 10.5 Å². The zero-order valence-electron chi connectivity index (χ0n) is 12.8. The normalized spacial score (nSPS) is 21.3. The van der Waals surface area contributed by atoms with Crippen molar-refractivity contribution in [3.63, 3.8) is 0 Å². The lowest BCUT2D eigenvalue weighted by atomic mass is 9.93. The standard InChI is InChI=1S/C14H20N2O5S/c1-14(2)9-10(7-8-21-14)15-11-5-4-6-12(22(3,19)20)13(11)16(17)18/h4-6,10,15H,7-9H2,1-3H3. The minimum absolute atomic E-state index is 0.00254. The molecule has 7 nitrogen and oxygen atoms in total. The van der Waals surface area contributed by atoms with E-state index < -0.39 is 20.4 Å². The number of para-hydroxylation sites is 1. The zero-order chi connectivity index (χ0) is 16.5. The summed E-state index contributed by atoms with van der Waals surface area (Å²) in [7, 11) is -3.67. The van der Waals surface area contributed by atoms with Crippen LogP contribution in [0.1, 0.15) is 26.7 Å². The molecule has 0 spiro atoms. The summed E-state index contributed by atoms with van der Waals surface area (Å²) < 4.78 is 29.1. The molecule has 122 valence electrons. The summed E-state index contributed by atoms with van der Waals surface area (Å²) >= 11 is 0. The number of ether oxygens (including phenoxy) is 1. The lowest BCUT2D eigenvalue weighted by Crippen LogP contribution is -2.40. The Balaban J connectivity index is 2.37. The first-order valence-electron chi connectivity index (χ1n) is 6.98. The SMILES string of the molecule is CC1(C)CC(Nc2cccc(S(C)(=O)=O)c2[N+](=O)[O-])CCO1. The van der Waals surface area contributed by atoms with E-state index >= 15 is 0 Å². The molecule has 2 rings (SSSR count). The van der Waals surface area contributed by atoms with E-state index in [9.17, 15) is 18.5 Å². The van der Waals surface area contributed by atoms with Gasteiger partial charge in [-0.15, -0.1) is 0 Å². The van der Waals surface area contributed by atoms with Gasteiger partial charge in [-0.2, -0.15) is 0 Å². The molecule has 1 saturated heterocycles. The monoisotopic (exact) mass is 328 g/mol. The van der Waals surface area contributed by atoms with Gasteiger partial charge < -0.3 is 10.1 Å². The van der Waals surface area contributed by atoms with Crippen LogP contribution in [0.15, 0.2) is 23.1 Å². The highest BCUT2D eigenvalue weighted by atomic mass is 32.2. The summed E-state index contributed by atoms with van der Waals surface area (Å²) in [6.45, 7) is 4.48. The third-order valence-corrected chi connectivity index (χ3v) is 4.77. The largest absolute Gasteiger partial charge is 0.377 e. The average molecular weight is 328 g/mol. The van der Waals surface area contributed by atoms with E-state index in [2.05, 4.69) is 5.32 Å².